The highest BCUT2D eigenvalue weighted by atomic mass is 19.2. The minimum atomic E-state index is -2.01. The Morgan fingerprint density at radius 1 is 1.07 bits per heavy atom. The third-order valence-electron chi connectivity index (χ3n) is 4.91. The molecular weight excluding hydrogens is 350 g/mol. The van der Waals surface area contributed by atoms with Gasteiger partial charge >= 0.3 is 0 Å². The molecule has 0 saturated heterocycles. The van der Waals surface area contributed by atoms with Gasteiger partial charge in [-0.1, -0.05) is 24.3 Å². The zero-order valence-electron chi connectivity index (χ0n) is 14.8. The molecule has 0 spiro atoms. The van der Waals surface area contributed by atoms with Crippen LogP contribution < -0.4 is 0 Å². The summed E-state index contributed by atoms with van der Waals surface area (Å²) in [5.41, 5.74) is 3.88. The molecule has 1 unspecified atom stereocenters. The van der Waals surface area contributed by atoms with Crippen LogP contribution in [0.25, 0.3) is 17.0 Å². The molecular formula is C19H16F2N6. The van der Waals surface area contributed by atoms with Gasteiger partial charge in [0.1, 0.15) is 5.82 Å². The summed E-state index contributed by atoms with van der Waals surface area (Å²) in [5.74, 6) is 0.463. The fourth-order valence-electron chi connectivity index (χ4n) is 3.47. The predicted molar refractivity (Wildman–Crippen MR) is 94.7 cm³/mol. The first-order chi connectivity index (χ1) is 13.0. The van der Waals surface area contributed by atoms with E-state index in [1.54, 1.807) is 26.2 Å². The van der Waals surface area contributed by atoms with Gasteiger partial charge in [-0.2, -0.15) is 0 Å². The van der Waals surface area contributed by atoms with Crippen molar-refractivity contribution in [3.8, 4) is 11.4 Å². The summed E-state index contributed by atoms with van der Waals surface area (Å²) in [6.45, 7) is 4.15. The van der Waals surface area contributed by atoms with E-state index in [1.807, 2.05) is 28.8 Å². The molecule has 0 N–H and O–H groups in total. The summed E-state index contributed by atoms with van der Waals surface area (Å²) in [5, 5.41) is 4.13. The standard InChI is InChI=1S/C19H16F2N6/c1-10-7-22-11(2)18-24-17(25-27(10)18)16(21)15(20)14-9-26-8-12-5-3-4-6-13(12)19(26)23-14/h3-7,9,15-16H,8H2,1-2H3/t15?,16-/m0/s1. The smallest absolute Gasteiger partial charge is 0.198 e. The van der Waals surface area contributed by atoms with E-state index in [0.717, 1.165) is 11.1 Å². The molecule has 1 aliphatic heterocycles. The zero-order chi connectivity index (χ0) is 18.7. The summed E-state index contributed by atoms with van der Waals surface area (Å²) < 4.78 is 33.1. The monoisotopic (exact) mass is 366 g/mol. The number of imidazole rings is 1. The van der Waals surface area contributed by atoms with E-state index < -0.39 is 12.3 Å². The second-order valence-electron chi connectivity index (χ2n) is 6.77. The van der Waals surface area contributed by atoms with Crippen LogP contribution in [0.3, 0.4) is 0 Å². The molecule has 8 heteroatoms. The largest absolute Gasteiger partial charge is 0.326 e. The van der Waals surface area contributed by atoms with Crippen molar-refractivity contribution in [3.63, 3.8) is 0 Å². The number of benzene rings is 1. The van der Waals surface area contributed by atoms with Gasteiger partial charge in [0, 0.05) is 24.5 Å². The summed E-state index contributed by atoms with van der Waals surface area (Å²) in [7, 11) is 0. The van der Waals surface area contributed by atoms with Crippen molar-refractivity contribution in [3.05, 3.63) is 65.1 Å². The van der Waals surface area contributed by atoms with Gasteiger partial charge in [0.2, 0.25) is 0 Å². The fraction of sp³-hybridized carbons (Fsp3) is 0.263. The molecule has 6 nitrogen and oxygen atoms in total. The number of aryl methyl sites for hydroxylation is 2. The number of aromatic nitrogens is 6. The molecule has 4 heterocycles. The van der Waals surface area contributed by atoms with E-state index in [4.69, 9.17) is 0 Å². The van der Waals surface area contributed by atoms with Crippen LogP contribution in [0.15, 0.2) is 36.7 Å². The van der Waals surface area contributed by atoms with Gasteiger partial charge in [-0.25, -0.2) is 23.3 Å². The van der Waals surface area contributed by atoms with Gasteiger partial charge in [-0.3, -0.25) is 4.98 Å². The van der Waals surface area contributed by atoms with Crippen molar-refractivity contribution in [2.24, 2.45) is 0 Å². The Balaban J connectivity index is 1.50. The van der Waals surface area contributed by atoms with Crippen LogP contribution in [-0.2, 0) is 6.54 Å². The van der Waals surface area contributed by atoms with E-state index in [2.05, 4.69) is 20.1 Å². The van der Waals surface area contributed by atoms with E-state index in [-0.39, 0.29) is 11.5 Å². The summed E-state index contributed by atoms with van der Waals surface area (Å²) in [4.78, 5) is 12.7. The number of rotatable bonds is 3. The molecule has 4 aromatic rings. The van der Waals surface area contributed by atoms with Crippen molar-refractivity contribution in [1.82, 2.24) is 29.1 Å². The Bertz CT molecular complexity index is 1140. The number of fused-ring (bicyclic) bond motifs is 4. The van der Waals surface area contributed by atoms with E-state index in [1.165, 1.54) is 4.52 Å². The average molecular weight is 366 g/mol. The van der Waals surface area contributed by atoms with Crippen molar-refractivity contribution in [1.29, 1.82) is 0 Å². The maximum atomic E-state index is 14.9. The molecule has 0 bridgehead atoms. The first-order valence-corrected chi connectivity index (χ1v) is 8.65. The maximum Gasteiger partial charge on any atom is 0.198 e. The highest BCUT2D eigenvalue weighted by Crippen LogP contribution is 2.37. The molecule has 136 valence electrons. The molecule has 0 amide bonds. The Kier molecular flexibility index (Phi) is 3.37. The third-order valence-corrected chi connectivity index (χ3v) is 4.91. The number of hydrogen-bond acceptors (Lipinski definition) is 4. The van der Waals surface area contributed by atoms with E-state index >= 15 is 0 Å². The Hall–Kier alpha value is -3.16. The third kappa shape index (κ3) is 2.36. The Morgan fingerprint density at radius 3 is 2.70 bits per heavy atom. The normalized spacial score (nSPS) is 15.0. The molecule has 2 atom stereocenters. The van der Waals surface area contributed by atoms with Crippen LogP contribution >= 0.6 is 0 Å². The first kappa shape index (κ1) is 16.0. The van der Waals surface area contributed by atoms with Crippen molar-refractivity contribution < 1.29 is 8.78 Å². The number of nitrogens with zero attached hydrogens (tertiary/aromatic N) is 6. The van der Waals surface area contributed by atoms with E-state index in [9.17, 15) is 8.78 Å². The molecule has 27 heavy (non-hydrogen) atoms. The van der Waals surface area contributed by atoms with Crippen LogP contribution in [0.5, 0.6) is 0 Å². The zero-order valence-corrected chi connectivity index (χ0v) is 14.8. The van der Waals surface area contributed by atoms with Crippen LogP contribution in [-0.4, -0.2) is 29.1 Å². The van der Waals surface area contributed by atoms with Gasteiger partial charge in [-0.15, -0.1) is 5.10 Å². The molecule has 0 fully saturated rings. The van der Waals surface area contributed by atoms with Crippen LogP contribution in [0.1, 0.15) is 40.8 Å². The van der Waals surface area contributed by atoms with Crippen LogP contribution in [0.4, 0.5) is 8.78 Å². The Labute approximate surface area is 153 Å². The van der Waals surface area contributed by atoms with Crippen molar-refractivity contribution in [2.75, 3.05) is 0 Å². The number of alkyl halides is 2. The lowest BCUT2D eigenvalue weighted by atomic mass is 10.1. The lowest BCUT2D eigenvalue weighted by molar-refractivity contribution is 0.159. The van der Waals surface area contributed by atoms with Gasteiger partial charge in [-0.05, 0) is 19.4 Å². The molecule has 0 aliphatic carbocycles. The van der Waals surface area contributed by atoms with Crippen molar-refractivity contribution in [2.45, 2.75) is 32.7 Å². The molecule has 1 aromatic carbocycles. The highest BCUT2D eigenvalue weighted by molar-refractivity contribution is 5.65. The first-order valence-electron chi connectivity index (χ1n) is 8.65. The van der Waals surface area contributed by atoms with E-state index in [0.29, 0.717) is 29.4 Å². The van der Waals surface area contributed by atoms with Crippen LogP contribution in [0, 0.1) is 13.8 Å². The quantitative estimate of drug-likeness (QED) is 0.489. The maximum absolute atomic E-state index is 14.9. The topological polar surface area (TPSA) is 60.9 Å². The summed E-state index contributed by atoms with van der Waals surface area (Å²) in [6, 6.07) is 7.81. The number of hydrogen-bond donors (Lipinski definition) is 0. The lowest BCUT2D eigenvalue weighted by Crippen LogP contribution is -2.05. The van der Waals surface area contributed by atoms with Crippen molar-refractivity contribution >= 4 is 5.65 Å². The summed E-state index contributed by atoms with van der Waals surface area (Å²) in [6.07, 6.45) is -0.755. The van der Waals surface area contributed by atoms with Gasteiger partial charge in [0.25, 0.3) is 0 Å². The lowest BCUT2D eigenvalue weighted by Gasteiger charge is -2.08. The molecule has 0 saturated carbocycles. The minimum Gasteiger partial charge on any atom is -0.326 e. The van der Waals surface area contributed by atoms with Gasteiger partial charge in [0.05, 0.1) is 17.1 Å². The Morgan fingerprint density at radius 2 is 1.89 bits per heavy atom. The average Bonchev–Trinajstić information content (AvgIpc) is 3.36. The molecule has 1 aliphatic rings. The fourth-order valence-corrected chi connectivity index (χ4v) is 3.47. The number of halogens is 2. The van der Waals surface area contributed by atoms with Gasteiger partial charge in [0.15, 0.2) is 23.8 Å². The minimum absolute atomic E-state index is 0.0532. The second-order valence-corrected chi connectivity index (χ2v) is 6.77. The molecule has 3 aromatic heterocycles. The predicted octanol–water partition coefficient (Wildman–Crippen LogP) is 3.69. The van der Waals surface area contributed by atoms with Crippen LogP contribution in [0.2, 0.25) is 0 Å². The summed E-state index contributed by atoms with van der Waals surface area (Å²) >= 11 is 0. The molecule has 0 radical (unpaired) electrons. The second kappa shape index (κ2) is 5.67. The SMILES string of the molecule is Cc1ncc(C)n2nc([C@@H](F)C(F)c3cn4c(n3)-c3ccccc3C4)nc12. The van der Waals surface area contributed by atoms with Gasteiger partial charge < -0.3 is 4.57 Å². The molecule has 5 rings (SSSR count). The highest BCUT2D eigenvalue weighted by Gasteiger charge is 2.32.